The van der Waals surface area contributed by atoms with Crippen molar-refractivity contribution in [1.29, 1.82) is 0 Å². The van der Waals surface area contributed by atoms with Crippen LogP contribution in [0.4, 0.5) is 25.8 Å². The predicted octanol–water partition coefficient (Wildman–Crippen LogP) is 14.5. The van der Waals surface area contributed by atoms with Gasteiger partial charge in [-0.05, 0) is 208 Å². The van der Waals surface area contributed by atoms with Crippen LogP contribution in [0, 0.1) is 34.1 Å². The van der Waals surface area contributed by atoms with E-state index < -0.39 is 75.0 Å². The maximum Gasteiger partial charge on any atom is 0.408 e. The number of likely N-dealkylation sites (tertiary alicyclic amines) is 1. The molecule has 6 aromatic carbocycles. The average molecular weight is 1770 g/mol. The minimum absolute atomic E-state index is 0.00458. The number of hydrogen-bond donors (Lipinski definition) is 9. The molecule has 3 atom stereocenters. The van der Waals surface area contributed by atoms with E-state index in [1.165, 1.54) is 36.4 Å². The lowest BCUT2D eigenvalue weighted by Gasteiger charge is -2.34. The monoisotopic (exact) mass is 1770 g/mol. The van der Waals surface area contributed by atoms with Gasteiger partial charge in [-0.25, -0.2) is 33.6 Å². The lowest BCUT2D eigenvalue weighted by molar-refractivity contribution is -0.385. The van der Waals surface area contributed by atoms with Gasteiger partial charge >= 0.3 is 41.6 Å². The molecule has 4 heterocycles. The molecule has 6 amide bonds. The molecule has 0 bridgehead atoms. The van der Waals surface area contributed by atoms with Gasteiger partial charge in [0.05, 0.1) is 31.9 Å². The molecule has 2 aromatic heterocycles. The number of H-pyrrole nitrogens is 2. The summed E-state index contributed by atoms with van der Waals surface area (Å²) < 4.78 is 19.2. The van der Waals surface area contributed by atoms with Gasteiger partial charge in [0.2, 0.25) is 17.7 Å². The highest BCUT2D eigenvalue weighted by molar-refractivity contribution is 6.13. The number of nitro groups is 2. The maximum atomic E-state index is 13.1. The molecule has 128 heavy (non-hydrogen) atoms. The third-order valence-corrected chi connectivity index (χ3v) is 19.8. The van der Waals surface area contributed by atoms with Gasteiger partial charge in [0.25, 0.3) is 11.4 Å². The maximum absolute atomic E-state index is 13.1. The number of nitrogens with zero attached hydrogens (tertiary/aromatic N) is 8. The van der Waals surface area contributed by atoms with Gasteiger partial charge in [-0.15, -0.1) is 0 Å². The number of aromatic nitrogens is 4. The minimum Gasteiger partial charge on any atom is -0.444 e. The second-order valence-electron chi connectivity index (χ2n) is 33.5. The van der Waals surface area contributed by atoms with Crippen molar-refractivity contribution in [3.8, 4) is 0 Å². The van der Waals surface area contributed by atoms with Crippen LogP contribution >= 0.6 is 0 Å². The lowest BCUT2D eigenvalue weighted by atomic mass is 10.0. The van der Waals surface area contributed by atoms with E-state index in [4.69, 9.17) is 24.3 Å². The Hall–Kier alpha value is -13.4. The zero-order valence-corrected chi connectivity index (χ0v) is 75.6. The van der Waals surface area contributed by atoms with E-state index in [1.54, 1.807) is 89.1 Å². The fourth-order valence-electron chi connectivity index (χ4n) is 13.4. The number of rotatable bonds is 31. The van der Waals surface area contributed by atoms with Crippen LogP contribution in [0.25, 0.3) is 22.1 Å². The number of nitro benzene ring substituents is 2. The molecular formula is C92H124N16O20. The Labute approximate surface area is 744 Å². The van der Waals surface area contributed by atoms with Crippen molar-refractivity contribution in [3.63, 3.8) is 0 Å². The van der Waals surface area contributed by atoms with E-state index in [0.29, 0.717) is 112 Å². The number of aromatic amines is 2. The number of imidazole rings is 2. The second kappa shape index (κ2) is 51.3. The quantitative estimate of drug-likeness (QED) is 0.00370. The number of oxime groups is 3. The second-order valence-corrected chi connectivity index (χ2v) is 33.5. The van der Waals surface area contributed by atoms with Crippen molar-refractivity contribution in [3.05, 3.63) is 220 Å². The van der Waals surface area contributed by atoms with Crippen LogP contribution in [0.3, 0.4) is 0 Å². The molecule has 10 rings (SSSR count). The molecule has 8 aromatic rings. The van der Waals surface area contributed by atoms with Gasteiger partial charge in [-0.2, -0.15) is 0 Å². The number of piperidine rings is 2. The molecule has 0 spiro atoms. The van der Waals surface area contributed by atoms with Gasteiger partial charge in [-0.3, -0.25) is 43.7 Å². The molecule has 9 N–H and O–H groups in total. The number of carbonyl (C=O) groups is 8. The SMILES string of the molecule is C=NOC(=O)[C@H](CC)NC(=O)CCCCCNC(=O)OC(C)(C)C.CCC(NC(=O)CCCCCNC(=O)OC(C)(C)C)C(=O)N1CCC(n2c(=O)[nH]c3ccccc32)CC1.CC[C@H](NC(=O)OC(C)(C)C)C(=O)O/N=C(/c1ccc(C)cc1)c1ccc([N+](=O)[O-])cc1.Cc1ccc(/C(=N/O)c2ccc([N+](=O)[O-])cc2)cc1.O=c1[nH]c2ccccc2n1C1CCNCC1. The molecule has 0 aliphatic carbocycles. The molecule has 36 heteroatoms. The van der Waals surface area contributed by atoms with Crippen molar-refractivity contribution in [2.75, 3.05) is 39.3 Å². The minimum atomic E-state index is -0.954. The summed E-state index contributed by atoms with van der Waals surface area (Å²) in [4.78, 5) is 159. The van der Waals surface area contributed by atoms with Gasteiger partial charge in [-0.1, -0.05) is 133 Å². The van der Waals surface area contributed by atoms with E-state index >= 15 is 0 Å². The molecule has 2 saturated heterocycles. The van der Waals surface area contributed by atoms with Crippen molar-refractivity contribution in [2.45, 2.75) is 240 Å². The van der Waals surface area contributed by atoms with Crippen molar-refractivity contribution in [2.24, 2.45) is 15.5 Å². The largest absolute Gasteiger partial charge is 0.444 e. The van der Waals surface area contributed by atoms with Gasteiger partial charge in [0, 0.05) is 104 Å². The Balaban J connectivity index is 0.000000254. The van der Waals surface area contributed by atoms with E-state index in [9.17, 15) is 68.2 Å². The molecule has 692 valence electrons. The lowest BCUT2D eigenvalue weighted by Crippen LogP contribution is -2.50. The highest BCUT2D eigenvalue weighted by Gasteiger charge is 2.32. The number of hydrogen-bond acceptors (Lipinski definition) is 24. The first-order chi connectivity index (χ1) is 60.7. The number of para-hydroxylation sites is 4. The number of unbranched alkanes of at least 4 members (excludes halogenated alkanes) is 4. The van der Waals surface area contributed by atoms with E-state index in [1.807, 2.05) is 131 Å². The highest BCUT2D eigenvalue weighted by Crippen LogP contribution is 2.28. The summed E-state index contributed by atoms with van der Waals surface area (Å²) in [6.45, 7) is 32.4. The number of alkyl carbamates (subject to hydrolysis) is 3. The summed E-state index contributed by atoms with van der Waals surface area (Å²) in [5.74, 6) is -1.81. The fraction of sp³-hybridized carbons (Fsp3) is 0.467. The number of benzene rings is 6. The number of ether oxygens (including phenoxy) is 3. The summed E-state index contributed by atoms with van der Waals surface area (Å²) in [6, 6.07) is 40.2. The van der Waals surface area contributed by atoms with Crippen molar-refractivity contribution >= 4 is 99.5 Å². The smallest absolute Gasteiger partial charge is 0.408 e. The Morgan fingerprint density at radius 1 is 0.492 bits per heavy atom. The van der Waals surface area contributed by atoms with Crippen LogP contribution < -0.4 is 43.3 Å². The van der Waals surface area contributed by atoms with Crippen LogP contribution in [0.15, 0.2) is 171 Å². The molecular weight excluding hydrogens is 1650 g/mol. The molecule has 2 aliphatic heterocycles. The van der Waals surface area contributed by atoms with Crippen LogP contribution in [-0.2, 0) is 47.9 Å². The number of fused-ring (bicyclic) bond motifs is 2. The fourth-order valence-corrected chi connectivity index (χ4v) is 13.4. The summed E-state index contributed by atoms with van der Waals surface area (Å²) in [7, 11) is 0. The first-order valence-corrected chi connectivity index (χ1v) is 43.0. The number of carbonyl (C=O) groups excluding carboxylic acids is 8. The molecule has 0 radical (unpaired) electrons. The summed E-state index contributed by atoms with van der Waals surface area (Å²) in [6.07, 6.45) is 8.05. The molecule has 36 nitrogen and oxygen atoms in total. The Kier molecular flexibility index (Phi) is 41.4. The topological polar surface area (TPSA) is 477 Å². The van der Waals surface area contributed by atoms with Gasteiger partial charge < -0.3 is 75.9 Å². The Morgan fingerprint density at radius 3 is 1.25 bits per heavy atom. The summed E-state index contributed by atoms with van der Waals surface area (Å²) in [5, 5.41) is 57.7. The average Bonchev–Trinajstić information content (AvgIpc) is 1.65. The first-order valence-electron chi connectivity index (χ1n) is 43.0. The predicted molar refractivity (Wildman–Crippen MR) is 488 cm³/mol. The molecule has 2 fully saturated rings. The number of aryl methyl sites for hydroxylation is 2. The van der Waals surface area contributed by atoms with Crippen molar-refractivity contribution in [1.82, 2.24) is 55.9 Å². The molecule has 0 saturated carbocycles. The first kappa shape index (κ1) is 103. The van der Waals surface area contributed by atoms with Gasteiger partial charge in [0.1, 0.15) is 46.4 Å². The van der Waals surface area contributed by atoms with E-state index in [2.05, 4.69) is 68.9 Å². The molecule has 1 unspecified atom stereocenters. The summed E-state index contributed by atoms with van der Waals surface area (Å²) >= 11 is 0. The van der Waals surface area contributed by atoms with Crippen LogP contribution in [0.2, 0.25) is 0 Å². The summed E-state index contributed by atoms with van der Waals surface area (Å²) in [5.41, 5.74) is 7.15. The number of amides is 6. The highest BCUT2D eigenvalue weighted by atomic mass is 16.7. The van der Waals surface area contributed by atoms with Crippen LogP contribution in [-0.4, -0.2) is 179 Å². The van der Waals surface area contributed by atoms with Gasteiger partial charge in [0.15, 0.2) is 0 Å². The van der Waals surface area contributed by atoms with Crippen LogP contribution in [0.5, 0.6) is 0 Å². The Morgan fingerprint density at radius 2 is 0.859 bits per heavy atom. The Bertz CT molecular complexity index is 5160. The molecule has 2 aliphatic rings. The normalized spacial score (nSPS) is 13.8. The zero-order chi connectivity index (χ0) is 94.3. The van der Waals surface area contributed by atoms with E-state index in [0.717, 1.165) is 90.4 Å². The van der Waals surface area contributed by atoms with Crippen LogP contribution in [0.1, 0.15) is 225 Å². The van der Waals surface area contributed by atoms with Crippen molar-refractivity contribution < 1.29 is 77.3 Å². The third-order valence-electron chi connectivity index (χ3n) is 19.8. The standard InChI is InChI=1S/C27H41N5O5.C23H27N3O6.C16H29N3O5.C14H12N2O3.C12H15N3O/c1-5-20(29-23(33)13-7-6-10-16-28-26(36)37-27(2,3)4)24(34)31-17-14-19(15-18-31)32-22-12-9-8-11-21(22)30-25(32)35;1-6-19(24-22(28)31-23(3,4)5)21(27)32-25-20(16-9-7-15(2)8-10-16)17-11-13-18(14-12-17)26(29)30;1-6-12(14(21)24-17-5)19-13(20)10-8-7-9-11-18-15(22)23-16(2,3)4;1-10-2-4-11(5-3-10)14(15-17)12-6-8-13(9-7-12)16(18)19;16-12-14-10-3-1-2-4-11(10)15(12)9-5-7-13-8-6-9/h8-9,11-12,19-20H,5-7,10,13-18H2,1-4H3,(H,28,36)(H,29,33)(H,30,35);7-14,19H,6H2,1-5H3,(H,24,28);12H,5-11H2,1-4H3,(H,18,22)(H,19,20);2-9,17H,1H3;1-4,9,13H,5-8H2,(H,14,16)/b;25-20-;;15-14-;/t;19-;12-;;/m.00../s1. The van der Waals surface area contributed by atoms with E-state index in [-0.39, 0.29) is 52.9 Å². The zero-order valence-electron chi connectivity index (χ0n) is 75.6. The number of non-ortho nitro benzene ring substituents is 2. The third kappa shape index (κ3) is 35.2. The number of nitrogens with one attached hydrogen (secondary N) is 8.